The van der Waals surface area contributed by atoms with Crippen LogP contribution in [0.1, 0.15) is 0 Å². The first-order valence-electron chi connectivity index (χ1n) is 2.65. The van der Waals surface area contributed by atoms with Crippen LogP contribution in [0.4, 0.5) is 0 Å². The monoisotopic (exact) mass is 115 g/mol. The third-order valence-electron chi connectivity index (χ3n) is 1.17. The highest BCUT2D eigenvalue weighted by atomic mass is 16.3. The average molecular weight is 115 g/mol. The molecule has 1 heterocycles. The molecule has 0 saturated heterocycles. The molecule has 0 fully saturated rings. The summed E-state index contributed by atoms with van der Waals surface area (Å²) < 4.78 is 4.68. The van der Waals surface area contributed by atoms with Crippen molar-refractivity contribution in [3.8, 4) is 0 Å². The summed E-state index contributed by atoms with van der Waals surface area (Å²) >= 11 is 0. The zero-order valence-electron chi connectivity index (χ0n) is 4.64. The molecule has 0 aliphatic heterocycles. The molecule has 1 aromatic heterocycles. The lowest BCUT2D eigenvalue weighted by Crippen LogP contribution is -1.59. The van der Waals surface area contributed by atoms with Gasteiger partial charge in [0.2, 0.25) is 0 Å². The molecule has 1 heteroatoms. The van der Waals surface area contributed by atoms with Crippen LogP contribution in [-0.2, 0) is 0 Å². The normalized spacial score (nSPS) is 10.2. The van der Waals surface area contributed by atoms with Gasteiger partial charge in [-0.25, -0.2) is 0 Å². The van der Waals surface area contributed by atoms with Gasteiger partial charge in [0.15, 0.2) is 12.5 Å². The fraction of sp³-hybridized carbons (Fsp3) is 0. The first kappa shape index (κ1) is 4.62. The molecule has 0 spiro atoms. The summed E-state index contributed by atoms with van der Waals surface area (Å²) in [6, 6.07) is 8.57. The second-order valence-electron chi connectivity index (χ2n) is 1.76. The molecule has 0 saturated carbocycles. The average Bonchev–Trinajstić information content (AvgIpc) is 2.33. The fourth-order valence-electron chi connectivity index (χ4n) is 0.738. The van der Waals surface area contributed by atoms with Crippen LogP contribution in [0.5, 0.6) is 0 Å². The van der Waals surface area contributed by atoms with Gasteiger partial charge in [0.05, 0.1) is 0 Å². The van der Waals surface area contributed by atoms with Crippen molar-refractivity contribution >= 4 is 10.8 Å². The molecule has 3 radical (unpaired) electrons. The van der Waals surface area contributed by atoms with E-state index < -0.39 is 0 Å². The lowest BCUT2D eigenvalue weighted by molar-refractivity contribution is 0.554. The third-order valence-corrected chi connectivity index (χ3v) is 1.17. The number of hydrogen-bond donors (Lipinski definition) is 0. The molecule has 2 aromatic rings. The van der Waals surface area contributed by atoms with Gasteiger partial charge in [0, 0.05) is 10.8 Å². The van der Waals surface area contributed by atoms with Gasteiger partial charge in [-0.15, -0.1) is 0 Å². The third kappa shape index (κ3) is 0.617. The van der Waals surface area contributed by atoms with E-state index in [1.165, 1.54) is 0 Å². The van der Waals surface area contributed by atoms with Gasteiger partial charge in [-0.3, -0.25) is 0 Å². The highest BCUT2D eigenvalue weighted by Gasteiger charge is 1.92. The number of hydrogen-bond acceptors (Lipinski definition) is 1. The van der Waals surface area contributed by atoms with Crippen molar-refractivity contribution in [3.05, 3.63) is 36.8 Å². The molecular weight excluding hydrogens is 112 g/mol. The van der Waals surface area contributed by atoms with Crippen molar-refractivity contribution < 1.29 is 4.42 Å². The Morgan fingerprint density at radius 3 is 3.22 bits per heavy atom. The summed E-state index contributed by atoms with van der Waals surface area (Å²) in [4.78, 5) is 0. The molecule has 2 rings (SSSR count). The van der Waals surface area contributed by atoms with Crippen molar-refractivity contribution in [1.29, 1.82) is 0 Å². The van der Waals surface area contributed by atoms with Crippen molar-refractivity contribution in [3.63, 3.8) is 0 Å². The smallest absolute Gasteiger partial charge is 0.179 e. The maximum atomic E-state index is 4.68. The van der Waals surface area contributed by atoms with E-state index in [2.05, 4.69) is 23.0 Å². The zero-order valence-corrected chi connectivity index (χ0v) is 4.64. The summed E-state index contributed by atoms with van der Waals surface area (Å²) in [5.41, 5.74) is 0. The predicted octanol–water partition coefficient (Wildman–Crippen LogP) is 1.83. The van der Waals surface area contributed by atoms with E-state index in [1.807, 2.05) is 18.2 Å². The van der Waals surface area contributed by atoms with E-state index in [4.69, 9.17) is 0 Å². The zero-order chi connectivity index (χ0) is 6.10. The molecule has 0 aliphatic carbocycles. The first-order valence-corrected chi connectivity index (χ1v) is 2.65. The molecule has 1 aromatic carbocycles. The molecule has 0 N–H and O–H groups in total. The number of benzene rings is 1. The standard InChI is InChI=1S/C8H3O/c1-2-4-8-6-9-5-7(8)3-1/h1-3H. The van der Waals surface area contributed by atoms with Gasteiger partial charge in [-0.1, -0.05) is 18.2 Å². The van der Waals surface area contributed by atoms with Crippen molar-refractivity contribution in [2.75, 3.05) is 0 Å². The minimum atomic E-state index is 0.859. The Balaban J connectivity index is 2.95. The predicted molar refractivity (Wildman–Crippen MR) is 32.7 cm³/mol. The summed E-state index contributed by atoms with van der Waals surface area (Å²) in [6.45, 7) is 0. The Bertz CT molecular complexity index is 279. The topological polar surface area (TPSA) is 13.1 Å². The van der Waals surface area contributed by atoms with Crippen LogP contribution < -0.4 is 0 Å². The van der Waals surface area contributed by atoms with Gasteiger partial charge in [-0.2, -0.15) is 0 Å². The molecule has 0 atom stereocenters. The largest absolute Gasteiger partial charge is 0.448 e. The van der Waals surface area contributed by atoms with E-state index >= 15 is 0 Å². The lowest BCUT2D eigenvalue weighted by Gasteiger charge is -1.78. The molecule has 1 nitrogen and oxygen atoms in total. The molecule has 0 bridgehead atoms. The summed E-state index contributed by atoms with van der Waals surface area (Å²) in [5.74, 6) is 0. The van der Waals surface area contributed by atoms with E-state index in [-0.39, 0.29) is 0 Å². The van der Waals surface area contributed by atoms with Crippen LogP contribution in [0.25, 0.3) is 10.8 Å². The van der Waals surface area contributed by atoms with Crippen LogP contribution in [0.3, 0.4) is 0 Å². The maximum absolute atomic E-state index is 4.68. The van der Waals surface area contributed by atoms with Crippen molar-refractivity contribution in [2.45, 2.75) is 0 Å². The fourth-order valence-corrected chi connectivity index (χ4v) is 0.738. The number of furan rings is 1. The molecule has 9 heavy (non-hydrogen) atoms. The first-order chi connectivity index (χ1) is 4.47. The molecular formula is C8H3O. The minimum absolute atomic E-state index is 0.859. The number of fused-ring (bicyclic) bond motifs is 1. The van der Waals surface area contributed by atoms with E-state index in [9.17, 15) is 0 Å². The van der Waals surface area contributed by atoms with Crippen LogP contribution in [0.15, 0.2) is 22.6 Å². The van der Waals surface area contributed by atoms with E-state index in [0.717, 1.165) is 10.8 Å². The Morgan fingerprint density at radius 1 is 1.33 bits per heavy atom. The maximum Gasteiger partial charge on any atom is 0.179 e. The van der Waals surface area contributed by atoms with Crippen LogP contribution in [-0.4, -0.2) is 0 Å². The summed E-state index contributed by atoms with van der Waals surface area (Å²) in [7, 11) is 0. The molecule has 41 valence electrons. The highest BCUT2D eigenvalue weighted by Crippen LogP contribution is 2.10. The van der Waals surface area contributed by atoms with Crippen LogP contribution in [0.2, 0.25) is 0 Å². The lowest BCUT2D eigenvalue weighted by atomic mass is 10.2. The second kappa shape index (κ2) is 1.62. The van der Waals surface area contributed by atoms with Gasteiger partial charge < -0.3 is 4.42 Å². The highest BCUT2D eigenvalue weighted by molar-refractivity contribution is 5.78. The number of rotatable bonds is 0. The second-order valence-corrected chi connectivity index (χ2v) is 1.76. The quantitative estimate of drug-likeness (QED) is 0.510. The summed E-state index contributed by atoms with van der Waals surface area (Å²) in [6.07, 6.45) is 5.29. The SMILES string of the molecule is [c]1cccc2[c]o[c]c12. The molecule has 0 amide bonds. The van der Waals surface area contributed by atoms with E-state index in [0.29, 0.717) is 0 Å². The van der Waals surface area contributed by atoms with Gasteiger partial charge >= 0.3 is 0 Å². The van der Waals surface area contributed by atoms with Crippen LogP contribution >= 0.6 is 0 Å². The molecule has 0 aliphatic rings. The Labute approximate surface area is 52.9 Å². The van der Waals surface area contributed by atoms with Gasteiger partial charge in [-0.05, 0) is 6.07 Å². The van der Waals surface area contributed by atoms with Crippen molar-refractivity contribution in [2.24, 2.45) is 0 Å². The Morgan fingerprint density at radius 2 is 2.33 bits per heavy atom. The Hall–Kier alpha value is -1.24. The Kier molecular flexibility index (Phi) is 0.833. The van der Waals surface area contributed by atoms with Crippen LogP contribution in [0, 0.1) is 18.6 Å². The van der Waals surface area contributed by atoms with Gasteiger partial charge in [0.25, 0.3) is 0 Å². The van der Waals surface area contributed by atoms with E-state index in [1.54, 1.807) is 0 Å². The summed E-state index contributed by atoms with van der Waals surface area (Å²) in [5, 5.41) is 1.79. The van der Waals surface area contributed by atoms with Crippen molar-refractivity contribution in [1.82, 2.24) is 0 Å². The van der Waals surface area contributed by atoms with Gasteiger partial charge in [0.1, 0.15) is 0 Å². The molecule has 0 unspecified atom stereocenters. The minimum Gasteiger partial charge on any atom is -0.448 e.